The number of carbonyl (C=O) groups excluding carboxylic acids is 1. The Labute approximate surface area is 154 Å². The Kier molecular flexibility index (Phi) is 5.43. The molecule has 0 spiro atoms. The summed E-state index contributed by atoms with van der Waals surface area (Å²) < 4.78 is 20.3. The van der Waals surface area contributed by atoms with E-state index in [1.807, 2.05) is 20.2 Å². The van der Waals surface area contributed by atoms with Gasteiger partial charge in [-0.15, -0.1) is 11.3 Å². The summed E-state index contributed by atoms with van der Waals surface area (Å²) in [5, 5.41) is 9.45. The summed E-state index contributed by atoms with van der Waals surface area (Å²) in [6, 6.07) is 5.72. The zero-order chi connectivity index (χ0) is 18.7. The van der Waals surface area contributed by atoms with Gasteiger partial charge in [0.2, 0.25) is 0 Å². The first kappa shape index (κ1) is 18.2. The summed E-state index contributed by atoms with van der Waals surface area (Å²) in [4.78, 5) is 16.9. The van der Waals surface area contributed by atoms with Crippen molar-refractivity contribution in [3.05, 3.63) is 59.1 Å². The van der Waals surface area contributed by atoms with Crippen LogP contribution in [0.5, 0.6) is 0 Å². The second kappa shape index (κ2) is 7.76. The number of methoxy groups -OCH3 is 1. The third-order valence-corrected chi connectivity index (χ3v) is 4.85. The van der Waals surface area contributed by atoms with Crippen molar-refractivity contribution in [2.75, 3.05) is 7.11 Å². The molecule has 6 nitrogen and oxygen atoms in total. The number of thiazole rings is 1. The van der Waals surface area contributed by atoms with Crippen LogP contribution in [0.25, 0.3) is 10.6 Å². The smallest absolute Gasteiger partial charge is 0.271 e. The van der Waals surface area contributed by atoms with E-state index in [1.165, 1.54) is 23.5 Å². The molecule has 0 radical (unpaired) electrons. The third kappa shape index (κ3) is 3.97. The summed E-state index contributed by atoms with van der Waals surface area (Å²) in [5.41, 5.74) is 2.00. The van der Waals surface area contributed by atoms with Crippen molar-refractivity contribution in [1.82, 2.24) is 20.1 Å². The van der Waals surface area contributed by atoms with Gasteiger partial charge in [-0.05, 0) is 24.6 Å². The van der Waals surface area contributed by atoms with E-state index >= 15 is 0 Å². The van der Waals surface area contributed by atoms with Crippen LogP contribution in [-0.4, -0.2) is 33.8 Å². The highest BCUT2D eigenvalue weighted by Gasteiger charge is 2.22. The first-order chi connectivity index (χ1) is 12.5. The normalized spacial score (nSPS) is 13.4. The van der Waals surface area contributed by atoms with E-state index in [2.05, 4.69) is 15.4 Å². The summed E-state index contributed by atoms with van der Waals surface area (Å²) in [5.74, 6) is -0.598. The molecule has 8 heteroatoms. The van der Waals surface area contributed by atoms with E-state index in [-0.39, 0.29) is 17.8 Å². The molecule has 2 atom stereocenters. The maximum Gasteiger partial charge on any atom is 0.271 e. The number of nitrogens with one attached hydrogen (secondary N) is 1. The van der Waals surface area contributed by atoms with Gasteiger partial charge in [0.25, 0.3) is 5.91 Å². The van der Waals surface area contributed by atoms with Crippen LogP contribution in [0.15, 0.2) is 42.0 Å². The number of carbonyl (C=O) groups is 1. The maximum atomic E-state index is 13.1. The van der Waals surface area contributed by atoms with E-state index in [0.717, 1.165) is 16.1 Å². The molecule has 26 heavy (non-hydrogen) atoms. The Morgan fingerprint density at radius 3 is 2.69 bits per heavy atom. The molecule has 0 bridgehead atoms. The number of aromatic nitrogens is 3. The number of ether oxygens (including phenoxy) is 1. The van der Waals surface area contributed by atoms with Gasteiger partial charge in [0.05, 0.1) is 12.2 Å². The fourth-order valence-electron chi connectivity index (χ4n) is 2.68. The van der Waals surface area contributed by atoms with Gasteiger partial charge in [0.15, 0.2) is 0 Å². The zero-order valence-electron chi connectivity index (χ0n) is 14.6. The van der Waals surface area contributed by atoms with Crippen molar-refractivity contribution in [2.45, 2.75) is 19.1 Å². The average molecular weight is 374 g/mol. The molecule has 3 rings (SSSR count). The third-order valence-electron chi connectivity index (χ3n) is 3.95. The molecular formula is C18H19FN4O2S. The number of halogens is 1. The van der Waals surface area contributed by atoms with Crippen LogP contribution in [0.4, 0.5) is 4.39 Å². The number of hydrogen-bond donors (Lipinski definition) is 1. The number of amides is 1. The molecule has 0 unspecified atom stereocenters. The van der Waals surface area contributed by atoms with Gasteiger partial charge < -0.3 is 10.1 Å². The van der Waals surface area contributed by atoms with Gasteiger partial charge in [-0.1, -0.05) is 12.1 Å². The second-order valence-electron chi connectivity index (χ2n) is 5.91. The predicted octanol–water partition coefficient (Wildman–Crippen LogP) is 3.19. The van der Waals surface area contributed by atoms with Crippen LogP contribution in [-0.2, 0) is 11.8 Å². The lowest BCUT2D eigenvalue weighted by molar-refractivity contribution is 0.0642. The van der Waals surface area contributed by atoms with Crippen LogP contribution >= 0.6 is 11.3 Å². The first-order valence-corrected chi connectivity index (χ1v) is 8.89. The second-order valence-corrected chi connectivity index (χ2v) is 6.77. The SMILES string of the molecule is CO[C@H](c1ccc(F)cc1)[C@@H](C)NC(=O)c1csc(-c2cnn(C)c2)n1. The Bertz CT molecular complexity index is 891. The summed E-state index contributed by atoms with van der Waals surface area (Å²) in [7, 11) is 3.38. The molecular weight excluding hydrogens is 355 g/mol. The first-order valence-electron chi connectivity index (χ1n) is 8.01. The summed E-state index contributed by atoms with van der Waals surface area (Å²) >= 11 is 1.39. The fourth-order valence-corrected chi connectivity index (χ4v) is 3.46. The van der Waals surface area contributed by atoms with E-state index in [4.69, 9.17) is 4.74 Å². The van der Waals surface area contributed by atoms with Gasteiger partial charge >= 0.3 is 0 Å². The lowest BCUT2D eigenvalue weighted by atomic mass is 10.0. The minimum absolute atomic E-state index is 0.284. The molecule has 1 aromatic carbocycles. The number of benzene rings is 1. The largest absolute Gasteiger partial charge is 0.375 e. The Balaban J connectivity index is 1.70. The number of hydrogen-bond acceptors (Lipinski definition) is 5. The topological polar surface area (TPSA) is 69.0 Å². The van der Waals surface area contributed by atoms with E-state index in [0.29, 0.717) is 5.69 Å². The molecule has 2 aromatic heterocycles. The molecule has 2 heterocycles. The molecule has 0 aliphatic rings. The molecule has 0 aliphatic carbocycles. The molecule has 1 N–H and O–H groups in total. The highest BCUT2D eigenvalue weighted by Crippen LogP contribution is 2.24. The molecule has 0 saturated heterocycles. The number of aryl methyl sites for hydroxylation is 1. The standard InChI is InChI=1S/C18H19FN4O2S/c1-11(16(25-3)12-4-6-14(19)7-5-12)21-17(24)15-10-26-18(22-15)13-8-20-23(2)9-13/h4-11,16H,1-3H3,(H,21,24)/t11-,16+/m1/s1. The van der Waals surface area contributed by atoms with Crippen molar-refractivity contribution in [3.63, 3.8) is 0 Å². The highest BCUT2D eigenvalue weighted by atomic mass is 32.1. The van der Waals surface area contributed by atoms with Crippen molar-refractivity contribution in [1.29, 1.82) is 0 Å². The predicted molar refractivity (Wildman–Crippen MR) is 97.4 cm³/mol. The van der Waals surface area contributed by atoms with Crippen LogP contribution < -0.4 is 5.32 Å². The van der Waals surface area contributed by atoms with Gasteiger partial charge in [-0.3, -0.25) is 9.48 Å². The van der Waals surface area contributed by atoms with E-state index in [1.54, 1.807) is 35.5 Å². The van der Waals surface area contributed by atoms with E-state index < -0.39 is 6.10 Å². The van der Waals surface area contributed by atoms with Gasteiger partial charge in [0.1, 0.15) is 22.6 Å². The maximum absolute atomic E-state index is 13.1. The molecule has 0 saturated carbocycles. The monoisotopic (exact) mass is 374 g/mol. The number of rotatable bonds is 6. The Morgan fingerprint density at radius 2 is 2.08 bits per heavy atom. The average Bonchev–Trinajstić information content (AvgIpc) is 3.26. The van der Waals surface area contributed by atoms with Crippen molar-refractivity contribution in [2.24, 2.45) is 7.05 Å². The molecule has 3 aromatic rings. The van der Waals surface area contributed by atoms with Crippen LogP contribution in [0.3, 0.4) is 0 Å². The van der Waals surface area contributed by atoms with Crippen LogP contribution in [0.1, 0.15) is 29.1 Å². The van der Waals surface area contributed by atoms with Gasteiger partial charge in [-0.25, -0.2) is 9.37 Å². The highest BCUT2D eigenvalue weighted by molar-refractivity contribution is 7.13. The molecule has 0 aliphatic heterocycles. The minimum atomic E-state index is -0.393. The van der Waals surface area contributed by atoms with Gasteiger partial charge in [0, 0.05) is 31.3 Å². The van der Waals surface area contributed by atoms with E-state index in [9.17, 15) is 9.18 Å². The van der Waals surface area contributed by atoms with Crippen molar-refractivity contribution in [3.8, 4) is 10.6 Å². The quantitative estimate of drug-likeness (QED) is 0.719. The lowest BCUT2D eigenvalue weighted by Gasteiger charge is -2.23. The molecule has 1 amide bonds. The van der Waals surface area contributed by atoms with Gasteiger partial charge in [-0.2, -0.15) is 5.10 Å². The van der Waals surface area contributed by atoms with Crippen molar-refractivity contribution >= 4 is 17.2 Å². The summed E-state index contributed by atoms with van der Waals surface area (Å²) in [6.45, 7) is 1.84. The van der Waals surface area contributed by atoms with Crippen LogP contribution in [0.2, 0.25) is 0 Å². The molecule has 0 fully saturated rings. The zero-order valence-corrected chi connectivity index (χ0v) is 15.5. The minimum Gasteiger partial charge on any atom is -0.375 e. The Morgan fingerprint density at radius 1 is 1.35 bits per heavy atom. The molecule has 136 valence electrons. The summed E-state index contributed by atoms with van der Waals surface area (Å²) in [6.07, 6.45) is 3.16. The lowest BCUT2D eigenvalue weighted by Crippen LogP contribution is -2.37. The fraction of sp³-hybridized carbons (Fsp3) is 0.278. The number of nitrogens with zero attached hydrogens (tertiary/aromatic N) is 3. The van der Waals surface area contributed by atoms with Crippen LogP contribution in [0, 0.1) is 5.82 Å². The van der Waals surface area contributed by atoms with Crippen molar-refractivity contribution < 1.29 is 13.9 Å². The Hall–Kier alpha value is -2.58.